The van der Waals surface area contributed by atoms with Crippen molar-refractivity contribution in [1.82, 2.24) is 9.80 Å². The largest absolute Gasteiger partial charge is 0.330 e. The van der Waals surface area contributed by atoms with Gasteiger partial charge in [0.1, 0.15) is 0 Å². The Bertz CT molecular complexity index is 263. The fourth-order valence-corrected chi connectivity index (χ4v) is 2.37. The van der Waals surface area contributed by atoms with Crippen molar-refractivity contribution < 1.29 is 4.79 Å². The van der Waals surface area contributed by atoms with E-state index in [1.807, 2.05) is 16.8 Å². The van der Waals surface area contributed by atoms with Crippen molar-refractivity contribution in [3.8, 4) is 0 Å². The first-order valence-electron chi connectivity index (χ1n) is 6.05. The monoisotopic (exact) mass is 227 g/mol. The van der Waals surface area contributed by atoms with Gasteiger partial charge >= 0.3 is 6.03 Å². The number of carbonyl (C=O) groups is 1. The highest BCUT2D eigenvalue weighted by Crippen LogP contribution is 2.28. The fourth-order valence-electron chi connectivity index (χ4n) is 2.37. The minimum absolute atomic E-state index is 0.135. The molecule has 1 heterocycles. The van der Waals surface area contributed by atoms with E-state index in [0.717, 1.165) is 13.0 Å². The van der Waals surface area contributed by atoms with E-state index < -0.39 is 0 Å². The lowest BCUT2D eigenvalue weighted by atomic mass is 9.97. The molecule has 0 aliphatic carbocycles. The number of urea groups is 1. The second-order valence-corrected chi connectivity index (χ2v) is 5.67. The van der Waals surface area contributed by atoms with Gasteiger partial charge in [0.2, 0.25) is 0 Å². The standard InChI is InChI=1S/C12H25N3O/c1-9(2)10-8-15(11(16)14(10)5)12(3,4)6-7-13/h9-10H,6-8,13H2,1-5H3. The maximum atomic E-state index is 12.2. The van der Waals surface area contributed by atoms with E-state index in [1.54, 1.807) is 0 Å². The number of carbonyl (C=O) groups excluding carboxylic acids is 1. The maximum Gasteiger partial charge on any atom is 0.320 e. The first-order valence-corrected chi connectivity index (χ1v) is 6.05. The van der Waals surface area contributed by atoms with Gasteiger partial charge in [-0.15, -0.1) is 0 Å². The van der Waals surface area contributed by atoms with E-state index in [-0.39, 0.29) is 11.6 Å². The van der Waals surface area contributed by atoms with Gasteiger partial charge in [-0.25, -0.2) is 4.79 Å². The molecule has 0 aromatic carbocycles. The summed E-state index contributed by atoms with van der Waals surface area (Å²) in [6.45, 7) is 9.94. The van der Waals surface area contributed by atoms with Crippen LogP contribution in [-0.2, 0) is 0 Å². The summed E-state index contributed by atoms with van der Waals surface area (Å²) in [4.78, 5) is 16.0. The normalized spacial score (nSPS) is 22.4. The summed E-state index contributed by atoms with van der Waals surface area (Å²) in [6.07, 6.45) is 0.845. The van der Waals surface area contributed by atoms with E-state index in [4.69, 9.17) is 5.73 Å². The third-order valence-electron chi connectivity index (χ3n) is 3.66. The highest BCUT2D eigenvalue weighted by atomic mass is 16.2. The van der Waals surface area contributed by atoms with Crippen LogP contribution in [0.25, 0.3) is 0 Å². The van der Waals surface area contributed by atoms with Gasteiger partial charge in [-0.05, 0) is 32.7 Å². The summed E-state index contributed by atoms with van der Waals surface area (Å²) in [5.74, 6) is 0.493. The van der Waals surface area contributed by atoms with Crippen molar-refractivity contribution in [3.63, 3.8) is 0 Å². The van der Waals surface area contributed by atoms with Crippen LogP contribution in [0.4, 0.5) is 4.79 Å². The van der Waals surface area contributed by atoms with Gasteiger partial charge in [-0.1, -0.05) is 13.8 Å². The smallest absolute Gasteiger partial charge is 0.320 e. The third-order valence-corrected chi connectivity index (χ3v) is 3.66. The van der Waals surface area contributed by atoms with Crippen molar-refractivity contribution in [3.05, 3.63) is 0 Å². The molecule has 2 amide bonds. The lowest BCUT2D eigenvalue weighted by Crippen LogP contribution is -2.47. The first kappa shape index (κ1) is 13.3. The highest BCUT2D eigenvalue weighted by Gasteiger charge is 2.42. The van der Waals surface area contributed by atoms with E-state index >= 15 is 0 Å². The molecule has 1 atom stereocenters. The number of rotatable bonds is 4. The van der Waals surface area contributed by atoms with Gasteiger partial charge < -0.3 is 15.5 Å². The zero-order valence-corrected chi connectivity index (χ0v) is 11.2. The molecular formula is C12H25N3O. The number of likely N-dealkylation sites (N-methyl/N-ethyl adjacent to an activating group) is 1. The minimum atomic E-state index is -0.135. The molecule has 1 unspecified atom stereocenters. The Balaban J connectivity index is 2.81. The quantitative estimate of drug-likeness (QED) is 0.791. The topological polar surface area (TPSA) is 49.6 Å². The van der Waals surface area contributed by atoms with Gasteiger partial charge in [0, 0.05) is 19.1 Å². The summed E-state index contributed by atoms with van der Waals surface area (Å²) >= 11 is 0. The van der Waals surface area contributed by atoms with Gasteiger partial charge in [0.25, 0.3) is 0 Å². The van der Waals surface area contributed by atoms with E-state index in [9.17, 15) is 4.79 Å². The van der Waals surface area contributed by atoms with Crippen LogP contribution in [0.3, 0.4) is 0 Å². The van der Waals surface area contributed by atoms with Gasteiger partial charge in [0.15, 0.2) is 0 Å². The van der Waals surface area contributed by atoms with Crippen molar-refractivity contribution in [2.24, 2.45) is 11.7 Å². The SMILES string of the molecule is CC(C)C1CN(C(C)(C)CCN)C(=O)N1C. The summed E-state index contributed by atoms with van der Waals surface area (Å²) < 4.78 is 0. The predicted octanol–water partition coefficient (Wildman–Crippen LogP) is 1.51. The van der Waals surface area contributed by atoms with Crippen molar-refractivity contribution in [2.45, 2.75) is 45.7 Å². The number of amides is 2. The van der Waals surface area contributed by atoms with Crippen LogP contribution in [0.1, 0.15) is 34.1 Å². The van der Waals surface area contributed by atoms with Crippen LogP contribution in [-0.4, -0.2) is 47.5 Å². The van der Waals surface area contributed by atoms with Crippen LogP contribution in [0, 0.1) is 5.92 Å². The molecule has 1 aliphatic heterocycles. The summed E-state index contributed by atoms with van der Waals surface area (Å²) in [6, 6.07) is 0.460. The molecule has 0 saturated carbocycles. The lowest BCUT2D eigenvalue weighted by molar-refractivity contribution is 0.145. The van der Waals surface area contributed by atoms with Crippen LogP contribution in [0.2, 0.25) is 0 Å². The molecule has 4 nitrogen and oxygen atoms in total. The Morgan fingerprint density at radius 1 is 1.50 bits per heavy atom. The molecule has 4 heteroatoms. The molecule has 1 saturated heterocycles. The molecule has 1 fully saturated rings. The summed E-state index contributed by atoms with van der Waals surface area (Å²) in [5.41, 5.74) is 5.47. The van der Waals surface area contributed by atoms with Gasteiger partial charge in [-0.2, -0.15) is 0 Å². The molecule has 94 valence electrons. The summed E-state index contributed by atoms with van der Waals surface area (Å²) in [7, 11) is 1.89. The molecule has 1 aliphatic rings. The average Bonchev–Trinajstić information content (AvgIpc) is 2.44. The average molecular weight is 227 g/mol. The number of hydrogen-bond donors (Lipinski definition) is 1. The van der Waals surface area contributed by atoms with Gasteiger partial charge in [-0.3, -0.25) is 0 Å². The Kier molecular flexibility index (Phi) is 3.84. The molecule has 0 bridgehead atoms. The van der Waals surface area contributed by atoms with Crippen LogP contribution < -0.4 is 5.73 Å². The number of nitrogens with zero attached hydrogens (tertiary/aromatic N) is 2. The zero-order valence-electron chi connectivity index (χ0n) is 11.2. The van der Waals surface area contributed by atoms with Crippen molar-refractivity contribution >= 4 is 6.03 Å². The predicted molar refractivity (Wildman–Crippen MR) is 66.2 cm³/mol. The number of nitrogens with two attached hydrogens (primary N) is 1. The minimum Gasteiger partial charge on any atom is -0.330 e. The fraction of sp³-hybridized carbons (Fsp3) is 0.917. The van der Waals surface area contributed by atoms with Crippen molar-refractivity contribution in [2.75, 3.05) is 20.1 Å². The second kappa shape index (κ2) is 4.62. The second-order valence-electron chi connectivity index (χ2n) is 5.67. The van der Waals surface area contributed by atoms with Gasteiger partial charge in [0.05, 0.1) is 6.04 Å². The summed E-state index contributed by atoms with van der Waals surface area (Å²) in [5, 5.41) is 0. The molecule has 0 radical (unpaired) electrons. The Hall–Kier alpha value is -0.770. The molecular weight excluding hydrogens is 202 g/mol. The lowest BCUT2D eigenvalue weighted by Gasteiger charge is -2.34. The molecule has 16 heavy (non-hydrogen) atoms. The Morgan fingerprint density at radius 3 is 2.44 bits per heavy atom. The molecule has 2 N–H and O–H groups in total. The van der Waals surface area contributed by atoms with Crippen molar-refractivity contribution in [1.29, 1.82) is 0 Å². The number of hydrogen-bond acceptors (Lipinski definition) is 2. The third kappa shape index (κ3) is 2.32. The van der Waals surface area contributed by atoms with Crippen LogP contribution in [0.15, 0.2) is 0 Å². The van der Waals surface area contributed by atoms with E-state index in [2.05, 4.69) is 27.7 Å². The molecule has 0 aromatic heterocycles. The van der Waals surface area contributed by atoms with Crippen LogP contribution in [0.5, 0.6) is 0 Å². The highest BCUT2D eigenvalue weighted by molar-refractivity contribution is 5.77. The molecule has 0 spiro atoms. The molecule has 0 aromatic rings. The van der Waals surface area contributed by atoms with E-state index in [1.165, 1.54) is 0 Å². The Labute approximate surface area is 98.8 Å². The van der Waals surface area contributed by atoms with E-state index in [0.29, 0.717) is 18.5 Å². The van der Waals surface area contributed by atoms with Crippen LogP contribution >= 0.6 is 0 Å². The maximum absolute atomic E-state index is 12.2. The molecule has 1 rings (SSSR count). The Morgan fingerprint density at radius 2 is 2.06 bits per heavy atom. The first-order chi connectivity index (χ1) is 7.31. The zero-order chi connectivity index (χ0) is 12.5.